The molecule has 2 saturated heterocycles. The zero-order valence-electron chi connectivity index (χ0n) is 17.6. The summed E-state index contributed by atoms with van der Waals surface area (Å²) >= 11 is 0. The molecule has 1 saturated carbocycles. The number of hydrogen-bond acceptors (Lipinski definition) is 5. The first-order valence-corrected chi connectivity index (χ1v) is 12.7. The fraction of sp³-hybridized carbons (Fsp3) is 0.591. The summed E-state index contributed by atoms with van der Waals surface area (Å²) in [7, 11) is -3.71. The Balaban J connectivity index is 1.28. The van der Waals surface area contributed by atoms with E-state index in [-0.39, 0.29) is 22.6 Å². The predicted octanol–water partition coefficient (Wildman–Crippen LogP) is 1.46. The van der Waals surface area contributed by atoms with Crippen LogP contribution in [-0.2, 0) is 19.6 Å². The summed E-state index contributed by atoms with van der Waals surface area (Å²) in [6.45, 7) is 2.82. The molecule has 0 aromatic heterocycles. The molecule has 9 heteroatoms. The van der Waals surface area contributed by atoms with Crippen molar-refractivity contribution in [3.63, 3.8) is 0 Å². The molecule has 3 fully saturated rings. The van der Waals surface area contributed by atoms with Gasteiger partial charge >= 0.3 is 0 Å². The molecule has 4 aliphatic rings. The van der Waals surface area contributed by atoms with E-state index in [1.54, 1.807) is 24.3 Å². The molecule has 0 N–H and O–H groups in total. The first kappa shape index (κ1) is 20.5. The monoisotopic (exact) mass is 444 g/mol. The maximum Gasteiger partial charge on any atom is 0.285 e. The van der Waals surface area contributed by atoms with Crippen molar-refractivity contribution in [2.75, 3.05) is 32.7 Å². The zero-order valence-corrected chi connectivity index (χ0v) is 18.4. The molecule has 0 spiro atoms. The summed E-state index contributed by atoms with van der Waals surface area (Å²) < 4.78 is 28.9. The average Bonchev–Trinajstić information content (AvgIpc) is 3.53. The molecule has 2 amide bonds. The number of sulfonamides is 1. The Morgan fingerprint density at radius 3 is 2.19 bits per heavy atom. The highest BCUT2D eigenvalue weighted by Gasteiger charge is 2.41. The van der Waals surface area contributed by atoms with Crippen molar-refractivity contribution in [3.05, 3.63) is 29.8 Å². The van der Waals surface area contributed by atoms with Gasteiger partial charge in [-0.1, -0.05) is 25.0 Å². The van der Waals surface area contributed by atoms with Crippen molar-refractivity contribution >= 4 is 27.7 Å². The Kier molecular flexibility index (Phi) is 5.24. The molecule has 1 aromatic rings. The first-order chi connectivity index (χ1) is 15.0. The lowest BCUT2D eigenvalue weighted by Gasteiger charge is -2.38. The molecule has 1 aliphatic carbocycles. The Bertz CT molecular complexity index is 1020. The van der Waals surface area contributed by atoms with Crippen LogP contribution in [0.5, 0.6) is 0 Å². The molecule has 0 unspecified atom stereocenters. The topological polar surface area (TPSA) is 90.4 Å². The van der Waals surface area contributed by atoms with Gasteiger partial charge in [-0.25, -0.2) is 0 Å². The maximum absolute atomic E-state index is 13.3. The van der Waals surface area contributed by atoms with Crippen LogP contribution in [0.15, 0.2) is 33.6 Å². The normalized spacial score (nSPS) is 25.6. The maximum atomic E-state index is 13.3. The summed E-state index contributed by atoms with van der Waals surface area (Å²) in [5.74, 6) is 0.806. The molecule has 3 heterocycles. The van der Waals surface area contributed by atoms with Gasteiger partial charge in [0.2, 0.25) is 11.8 Å². The Morgan fingerprint density at radius 1 is 0.839 bits per heavy atom. The predicted molar refractivity (Wildman–Crippen MR) is 115 cm³/mol. The first-order valence-electron chi connectivity index (χ1n) is 11.2. The zero-order chi connectivity index (χ0) is 21.6. The van der Waals surface area contributed by atoms with Gasteiger partial charge in [0, 0.05) is 44.2 Å². The van der Waals surface area contributed by atoms with Gasteiger partial charge < -0.3 is 14.7 Å². The number of fused-ring (bicyclic) bond motifs is 1. The van der Waals surface area contributed by atoms with E-state index in [1.807, 2.05) is 14.7 Å². The summed E-state index contributed by atoms with van der Waals surface area (Å²) in [5, 5.41) is 0. The smallest absolute Gasteiger partial charge is 0.285 e. The van der Waals surface area contributed by atoms with Crippen LogP contribution in [-0.4, -0.2) is 79.5 Å². The fourth-order valence-electron chi connectivity index (χ4n) is 5.36. The van der Waals surface area contributed by atoms with Crippen LogP contribution in [0.4, 0.5) is 0 Å². The average molecular weight is 445 g/mol. The second-order valence-electron chi connectivity index (χ2n) is 8.87. The lowest BCUT2D eigenvalue weighted by atomic mass is 10.1. The lowest BCUT2D eigenvalue weighted by Crippen LogP contribution is -2.56. The van der Waals surface area contributed by atoms with E-state index in [1.165, 1.54) is 0 Å². The van der Waals surface area contributed by atoms with Crippen molar-refractivity contribution in [3.8, 4) is 0 Å². The molecule has 5 rings (SSSR count). The van der Waals surface area contributed by atoms with Crippen LogP contribution >= 0.6 is 0 Å². The van der Waals surface area contributed by atoms with Gasteiger partial charge in [-0.15, -0.1) is 4.40 Å². The van der Waals surface area contributed by atoms with Crippen molar-refractivity contribution in [2.45, 2.75) is 49.5 Å². The number of carbonyl (C=O) groups is 2. The minimum Gasteiger partial charge on any atom is -0.343 e. The number of hydrogen-bond donors (Lipinski definition) is 0. The third kappa shape index (κ3) is 3.62. The van der Waals surface area contributed by atoms with Gasteiger partial charge in [-0.3, -0.25) is 9.59 Å². The highest BCUT2D eigenvalue weighted by Crippen LogP contribution is 2.32. The van der Waals surface area contributed by atoms with E-state index < -0.39 is 16.1 Å². The van der Waals surface area contributed by atoms with E-state index in [0.717, 1.165) is 32.1 Å². The summed E-state index contributed by atoms with van der Waals surface area (Å²) in [5.41, 5.74) is 0.578. The Hall–Kier alpha value is -2.42. The molecule has 1 aromatic carbocycles. The third-order valence-electron chi connectivity index (χ3n) is 7.03. The van der Waals surface area contributed by atoms with Crippen LogP contribution < -0.4 is 0 Å². The van der Waals surface area contributed by atoms with Gasteiger partial charge in [0.05, 0.1) is 0 Å². The molecule has 8 nitrogen and oxygen atoms in total. The minimum atomic E-state index is -3.71. The van der Waals surface area contributed by atoms with Gasteiger partial charge in [-0.05, 0) is 37.8 Å². The highest BCUT2D eigenvalue weighted by molar-refractivity contribution is 7.90. The van der Waals surface area contributed by atoms with Gasteiger partial charge in [0.15, 0.2) is 5.84 Å². The van der Waals surface area contributed by atoms with E-state index in [2.05, 4.69) is 4.40 Å². The minimum absolute atomic E-state index is 0.00921. The largest absolute Gasteiger partial charge is 0.343 e. The highest BCUT2D eigenvalue weighted by atomic mass is 32.2. The number of benzene rings is 1. The second kappa shape index (κ2) is 7.93. The summed E-state index contributed by atoms with van der Waals surface area (Å²) in [6, 6.07) is 6.40. The van der Waals surface area contributed by atoms with Crippen LogP contribution in [0.2, 0.25) is 0 Å². The number of amidine groups is 1. The van der Waals surface area contributed by atoms with Crippen molar-refractivity contribution in [2.24, 2.45) is 10.3 Å². The Labute approximate surface area is 183 Å². The van der Waals surface area contributed by atoms with E-state index >= 15 is 0 Å². The molecule has 166 valence electrons. The number of likely N-dealkylation sites (tertiary alicyclic amines) is 1. The van der Waals surface area contributed by atoms with Gasteiger partial charge in [-0.2, -0.15) is 8.42 Å². The van der Waals surface area contributed by atoms with Crippen molar-refractivity contribution in [1.29, 1.82) is 0 Å². The van der Waals surface area contributed by atoms with Crippen molar-refractivity contribution < 1.29 is 18.0 Å². The van der Waals surface area contributed by atoms with E-state index in [4.69, 9.17) is 0 Å². The number of piperazine rings is 1. The Morgan fingerprint density at radius 2 is 1.48 bits per heavy atom. The molecule has 0 bridgehead atoms. The molecule has 3 aliphatic heterocycles. The molecular weight excluding hydrogens is 416 g/mol. The lowest BCUT2D eigenvalue weighted by molar-refractivity contribution is -0.143. The number of rotatable bonds is 2. The number of amides is 2. The molecule has 31 heavy (non-hydrogen) atoms. The van der Waals surface area contributed by atoms with E-state index in [0.29, 0.717) is 50.5 Å². The third-order valence-corrected chi connectivity index (χ3v) is 8.35. The van der Waals surface area contributed by atoms with Crippen LogP contribution in [0.25, 0.3) is 0 Å². The van der Waals surface area contributed by atoms with E-state index in [9.17, 15) is 18.0 Å². The summed E-state index contributed by atoms with van der Waals surface area (Å²) in [6.07, 6.45) is 5.74. The number of carbonyl (C=O) groups excluding carboxylic acids is 2. The number of nitrogens with zero attached hydrogens (tertiary/aromatic N) is 4. The summed E-state index contributed by atoms with van der Waals surface area (Å²) in [4.78, 5) is 31.8. The van der Waals surface area contributed by atoms with Crippen LogP contribution in [0.1, 0.15) is 44.1 Å². The molecular formula is C22H28N4O4S. The fourth-order valence-corrected chi connectivity index (χ4v) is 6.58. The van der Waals surface area contributed by atoms with Gasteiger partial charge in [0.25, 0.3) is 10.0 Å². The SMILES string of the molecule is O=C(C1CCCC1)N1CCN(C(=O)[C@@H]2CCCN2C2=NS(=O)(=O)c3ccccc32)CC1. The standard InChI is InChI=1S/C22H28N4O4S/c27-21(16-6-1-2-7-16)24-12-14-25(15-13-24)22(28)18-9-5-11-26(18)20-17-8-3-4-10-19(17)31(29,30)23-20/h3-4,8,10,16,18H,1-2,5-7,9,11-15H2/t18-/m0/s1. The van der Waals surface area contributed by atoms with Crippen LogP contribution in [0.3, 0.4) is 0 Å². The molecule has 1 atom stereocenters. The van der Waals surface area contributed by atoms with Crippen LogP contribution in [0, 0.1) is 5.92 Å². The second-order valence-corrected chi connectivity index (χ2v) is 10.4. The van der Waals surface area contributed by atoms with Crippen molar-refractivity contribution in [1.82, 2.24) is 14.7 Å². The van der Waals surface area contributed by atoms with Gasteiger partial charge in [0.1, 0.15) is 10.9 Å². The quantitative estimate of drug-likeness (QED) is 0.689. The molecule has 0 radical (unpaired) electrons.